The zero-order chi connectivity index (χ0) is 15.8. The van der Waals surface area contributed by atoms with E-state index in [1.54, 1.807) is 12.1 Å². The van der Waals surface area contributed by atoms with Crippen molar-refractivity contribution in [3.8, 4) is 5.75 Å². The van der Waals surface area contributed by atoms with E-state index in [1.165, 1.54) is 6.21 Å². The van der Waals surface area contributed by atoms with Crippen LogP contribution in [-0.4, -0.2) is 18.2 Å². The van der Waals surface area contributed by atoms with Gasteiger partial charge in [0.1, 0.15) is 0 Å². The standard InChI is InChI=1S/C15H20Cl2N2O2/c1-4-5-6-14(20)19-18-9-11-7-12(16)15(13(17)8-11)21-10(2)3/h7-10H,4-6H2,1-3H3,(H,19,20)/b18-9+. The first-order chi connectivity index (χ1) is 9.93. The summed E-state index contributed by atoms with van der Waals surface area (Å²) in [5.41, 5.74) is 3.16. The number of unbranched alkanes of at least 4 members (excludes halogenated alkanes) is 1. The van der Waals surface area contributed by atoms with Crippen molar-refractivity contribution in [1.82, 2.24) is 5.43 Å². The Bertz CT molecular complexity index is 493. The summed E-state index contributed by atoms with van der Waals surface area (Å²) < 4.78 is 5.54. The number of amides is 1. The highest BCUT2D eigenvalue weighted by molar-refractivity contribution is 6.37. The maximum Gasteiger partial charge on any atom is 0.240 e. The van der Waals surface area contributed by atoms with Crippen LogP contribution in [0.4, 0.5) is 0 Å². The van der Waals surface area contributed by atoms with Gasteiger partial charge in [-0.2, -0.15) is 5.10 Å². The summed E-state index contributed by atoms with van der Waals surface area (Å²) in [6.07, 6.45) is 3.77. The summed E-state index contributed by atoms with van der Waals surface area (Å²) >= 11 is 12.3. The largest absolute Gasteiger partial charge is 0.488 e. The van der Waals surface area contributed by atoms with Crippen molar-refractivity contribution in [1.29, 1.82) is 0 Å². The smallest absolute Gasteiger partial charge is 0.240 e. The maximum absolute atomic E-state index is 11.4. The predicted octanol–water partition coefficient (Wildman–Crippen LogP) is 4.42. The van der Waals surface area contributed by atoms with Gasteiger partial charge in [-0.3, -0.25) is 4.79 Å². The Kier molecular flexibility index (Phi) is 7.54. The number of hydrogen-bond acceptors (Lipinski definition) is 3. The Balaban J connectivity index is 2.70. The molecule has 1 aromatic carbocycles. The summed E-state index contributed by atoms with van der Waals surface area (Å²) in [7, 11) is 0. The molecule has 0 fully saturated rings. The average Bonchev–Trinajstić information content (AvgIpc) is 2.40. The number of carbonyl (C=O) groups excluding carboxylic acids is 1. The summed E-state index contributed by atoms with van der Waals surface area (Å²) in [4.78, 5) is 11.4. The van der Waals surface area contributed by atoms with Gasteiger partial charge < -0.3 is 4.74 Å². The summed E-state index contributed by atoms with van der Waals surface area (Å²) in [6.45, 7) is 5.82. The molecule has 0 saturated heterocycles. The quantitative estimate of drug-likeness (QED) is 0.594. The van der Waals surface area contributed by atoms with Crippen molar-refractivity contribution in [2.24, 2.45) is 5.10 Å². The Morgan fingerprint density at radius 2 is 2.00 bits per heavy atom. The molecule has 0 atom stereocenters. The van der Waals surface area contributed by atoms with Crippen LogP contribution in [0.5, 0.6) is 5.75 Å². The molecule has 0 spiro atoms. The number of rotatable bonds is 7. The Morgan fingerprint density at radius 3 is 2.52 bits per heavy atom. The van der Waals surface area contributed by atoms with Crippen molar-refractivity contribution < 1.29 is 9.53 Å². The molecule has 1 rings (SSSR count). The van der Waals surface area contributed by atoms with E-state index in [9.17, 15) is 4.79 Å². The van der Waals surface area contributed by atoms with E-state index in [4.69, 9.17) is 27.9 Å². The van der Waals surface area contributed by atoms with Crippen molar-refractivity contribution in [2.75, 3.05) is 0 Å². The SMILES string of the molecule is CCCCC(=O)N/N=C/c1cc(Cl)c(OC(C)C)c(Cl)c1. The average molecular weight is 331 g/mol. The lowest BCUT2D eigenvalue weighted by Crippen LogP contribution is -2.16. The van der Waals surface area contributed by atoms with Gasteiger partial charge in [-0.1, -0.05) is 36.5 Å². The van der Waals surface area contributed by atoms with Crippen LogP contribution in [0, 0.1) is 0 Å². The molecule has 0 bridgehead atoms. The number of ether oxygens (including phenoxy) is 1. The molecule has 1 amide bonds. The first-order valence-corrected chi connectivity index (χ1v) is 7.67. The number of benzene rings is 1. The second-order valence-electron chi connectivity index (χ2n) is 4.88. The highest BCUT2D eigenvalue weighted by atomic mass is 35.5. The molecule has 4 nitrogen and oxygen atoms in total. The second-order valence-corrected chi connectivity index (χ2v) is 5.69. The van der Waals surface area contributed by atoms with Crippen molar-refractivity contribution in [2.45, 2.75) is 46.1 Å². The number of carbonyl (C=O) groups is 1. The van der Waals surface area contributed by atoms with Crippen LogP contribution in [0.2, 0.25) is 10.0 Å². The number of nitrogens with zero attached hydrogens (tertiary/aromatic N) is 1. The van der Waals surface area contributed by atoms with E-state index >= 15 is 0 Å². The molecule has 0 aliphatic carbocycles. The van der Waals surface area contributed by atoms with Crippen LogP contribution in [0.3, 0.4) is 0 Å². The highest BCUT2D eigenvalue weighted by Gasteiger charge is 2.10. The fourth-order valence-electron chi connectivity index (χ4n) is 1.57. The molecule has 0 aromatic heterocycles. The van der Waals surface area contributed by atoms with Gasteiger partial charge in [0.05, 0.1) is 22.4 Å². The van der Waals surface area contributed by atoms with Crippen LogP contribution in [0.25, 0.3) is 0 Å². The number of hydrogen-bond donors (Lipinski definition) is 1. The number of halogens is 2. The summed E-state index contributed by atoms with van der Waals surface area (Å²) in [6, 6.07) is 3.37. The van der Waals surface area contributed by atoms with Gasteiger partial charge in [-0.15, -0.1) is 0 Å². The van der Waals surface area contributed by atoms with Crippen LogP contribution in [0.1, 0.15) is 45.6 Å². The lowest BCUT2D eigenvalue weighted by Gasteiger charge is -2.13. The molecule has 21 heavy (non-hydrogen) atoms. The first kappa shape index (κ1) is 17.8. The van der Waals surface area contributed by atoms with E-state index in [-0.39, 0.29) is 12.0 Å². The highest BCUT2D eigenvalue weighted by Crippen LogP contribution is 2.34. The van der Waals surface area contributed by atoms with Crippen molar-refractivity contribution in [3.05, 3.63) is 27.7 Å². The Hall–Kier alpha value is -1.26. The molecule has 0 unspecified atom stereocenters. The van der Waals surface area contributed by atoms with Gasteiger partial charge in [0.15, 0.2) is 5.75 Å². The van der Waals surface area contributed by atoms with Gasteiger partial charge in [0.2, 0.25) is 5.91 Å². The maximum atomic E-state index is 11.4. The molecular weight excluding hydrogens is 311 g/mol. The monoisotopic (exact) mass is 330 g/mol. The molecule has 6 heteroatoms. The van der Waals surface area contributed by atoms with E-state index in [1.807, 2.05) is 20.8 Å². The van der Waals surface area contributed by atoms with Gasteiger partial charge in [0.25, 0.3) is 0 Å². The van der Waals surface area contributed by atoms with Gasteiger partial charge in [0, 0.05) is 6.42 Å². The third-order valence-corrected chi connectivity index (χ3v) is 3.10. The minimum atomic E-state index is -0.106. The normalized spacial score (nSPS) is 11.1. The molecule has 0 aliphatic heterocycles. The van der Waals surface area contributed by atoms with E-state index in [2.05, 4.69) is 10.5 Å². The fraction of sp³-hybridized carbons (Fsp3) is 0.467. The van der Waals surface area contributed by atoms with Crippen molar-refractivity contribution in [3.63, 3.8) is 0 Å². The molecule has 0 aliphatic rings. The molecule has 1 N–H and O–H groups in total. The van der Waals surface area contributed by atoms with Gasteiger partial charge in [-0.25, -0.2) is 5.43 Å². The third-order valence-electron chi connectivity index (χ3n) is 2.53. The molecule has 0 heterocycles. The lowest BCUT2D eigenvalue weighted by atomic mass is 10.2. The summed E-state index contributed by atoms with van der Waals surface area (Å²) in [5.74, 6) is 0.350. The van der Waals surface area contributed by atoms with E-state index < -0.39 is 0 Å². The predicted molar refractivity (Wildman–Crippen MR) is 87.5 cm³/mol. The molecule has 0 saturated carbocycles. The van der Waals surface area contributed by atoms with Gasteiger partial charge in [-0.05, 0) is 38.0 Å². The van der Waals surface area contributed by atoms with Crippen LogP contribution >= 0.6 is 23.2 Å². The van der Waals surface area contributed by atoms with Crippen LogP contribution < -0.4 is 10.2 Å². The number of nitrogens with one attached hydrogen (secondary N) is 1. The van der Waals surface area contributed by atoms with Crippen molar-refractivity contribution >= 4 is 35.3 Å². The molecular formula is C15H20Cl2N2O2. The Morgan fingerprint density at radius 1 is 1.38 bits per heavy atom. The second kappa shape index (κ2) is 8.90. The zero-order valence-corrected chi connectivity index (χ0v) is 14.0. The lowest BCUT2D eigenvalue weighted by molar-refractivity contribution is -0.121. The number of hydrazone groups is 1. The minimum absolute atomic E-state index is 0.0163. The molecule has 1 aromatic rings. The first-order valence-electron chi connectivity index (χ1n) is 6.91. The fourth-order valence-corrected chi connectivity index (χ4v) is 2.17. The van der Waals surface area contributed by atoms with E-state index in [0.29, 0.717) is 27.8 Å². The minimum Gasteiger partial charge on any atom is -0.488 e. The topological polar surface area (TPSA) is 50.7 Å². The molecule has 116 valence electrons. The van der Waals surface area contributed by atoms with Crippen LogP contribution in [-0.2, 0) is 4.79 Å². The third kappa shape index (κ3) is 6.36. The van der Waals surface area contributed by atoms with Gasteiger partial charge >= 0.3 is 0 Å². The molecule has 0 radical (unpaired) electrons. The summed E-state index contributed by atoms with van der Waals surface area (Å²) in [5, 5.41) is 4.71. The Labute approximate surface area is 135 Å². The zero-order valence-electron chi connectivity index (χ0n) is 12.5. The van der Waals surface area contributed by atoms with Crippen LogP contribution in [0.15, 0.2) is 17.2 Å². The van der Waals surface area contributed by atoms with E-state index in [0.717, 1.165) is 12.8 Å².